The summed E-state index contributed by atoms with van der Waals surface area (Å²) in [6.07, 6.45) is 1.99. The number of likely N-dealkylation sites (N-methyl/N-ethyl adjacent to an activating group) is 1. The number of nitrogens with zero attached hydrogens (tertiary/aromatic N) is 2. The summed E-state index contributed by atoms with van der Waals surface area (Å²) in [7, 11) is 1.60. The van der Waals surface area contributed by atoms with Crippen LogP contribution in [0.5, 0.6) is 5.75 Å². The van der Waals surface area contributed by atoms with Crippen LogP contribution >= 0.6 is 0 Å². The monoisotopic (exact) mass is 405 g/mol. The van der Waals surface area contributed by atoms with Gasteiger partial charge in [0.1, 0.15) is 18.9 Å². The van der Waals surface area contributed by atoms with Crippen LogP contribution in [0.15, 0.2) is 54.1 Å². The number of rotatable bonds is 3. The molecule has 2 aliphatic rings. The summed E-state index contributed by atoms with van der Waals surface area (Å²) in [5, 5.41) is 2.84. The van der Waals surface area contributed by atoms with E-state index in [1.54, 1.807) is 36.2 Å². The van der Waals surface area contributed by atoms with Crippen molar-refractivity contribution in [2.45, 2.75) is 19.4 Å². The molecule has 4 rings (SSSR count). The van der Waals surface area contributed by atoms with Crippen molar-refractivity contribution in [3.05, 3.63) is 59.7 Å². The second-order valence-electron chi connectivity index (χ2n) is 7.54. The Labute approximate surface area is 174 Å². The van der Waals surface area contributed by atoms with Gasteiger partial charge in [0.2, 0.25) is 11.8 Å². The van der Waals surface area contributed by atoms with E-state index in [9.17, 15) is 14.4 Å². The maximum Gasteiger partial charge on any atom is 0.253 e. The standard InChI is InChI=1S/C23H23N3O4/c1-15-11-21(27)24-18-8-4-5-9-19(18)26(15)22(28)13-25(2)23(29)17-12-16-7-3-6-10-20(16)30-14-17/h3-10,12,15H,11,13-14H2,1-2H3,(H,24,27). The van der Waals surface area contributed by atoms with E-state index in [1.165, 1.54) is 4.90 Å². The molecule has 0 saturated carbocycles. The van der Waals surface area contributed by atoms with Gasteiger partial charge in [-0.3, -0.25) is 14.4 Å². The molecule has 0 fully saturated rings. The van der Waals surface area contributed by atoms with Crippen LogP contribution in [-0.4, -0.2) is 48.9 Å². The molecular formula is C23H23N3O4. The van der Waals surface area contributed by atoms with Gasteiger partial charge in [-0.2, -0.15) is 0 Å². The number of carbonyl (C=O) groups is 3. The van der Waals surface area contributed by atoms with E-state index in [4.69, 9.17) is 4.74 Å². The lowest BCUT2D eigenvalue weighted by Gasteiger charge is -2.30. The number of hydrogen-bond donors (Lipinski definition) is 1. The molecule has 0 aromatic heterocycles. The van der Waals surface area contributed by atoms with E-state index < -0.39 is 0 Å². The summed E-state index contributed by atoms with van der Waals surface area (Å²) in [6, 6.07) is 14.4. The number of ether oxygens (including phenoxy) is 1. The van der Waals surface area contributed by atoms with Crippen molar-refractivity contribution in [1.29, 1.82) is 0 Å². The summed E-state index contributed by atoms with van der Waals surface area (Å²) < 4.78 is 5.66. The van der Waals surface area contributed by atoms with Gasteiger partial charge < -0.3 is 19.9 Å². The number of nitrogens with one attached hydrogen (secondary N) is 1. The minimum absolute atomic E-state index is 0.106. The molecule has 7 heteroatoms. The Balaban J connectivity index is 1.53. The second-order valence-corrected chi connectivity index (χ2v) is 7.54. The summed E-state index contributed by atoms with van der Waals surface area (Å²) in [5.74, 6) is 0.0839. The summed E-state index contributed by atoms with van der Waals surface area (Å²) in [6.45, 7) is 1.89. The smallest absolute Gasteiger partial charge is 0.253 e. The Kier molecular flexibility index (Phi) is 5.27. The van der Waals surface area contributed by atoms with Crippen LogP contribution in [0.2, 0.25) is 0 Å². The van der Waals surface area contributed by atoms with Crippen LogP contribution in [0.25, 0.3) is 6.08 Å². The lowest BCUT2D eigenvalue weighted by atomic mass is 10.1. The fourth-order valence-corrected chi connectivity index (χ4v) is 3.80. The van der Waals surface area contributed by atoms with Crippen LogP contribution in [0, 0.1) is 0 Å². The predicted molar refractivity (Wildman–Crippen MR) is 114 cm³/mol. The first-order valence-corrected chi connectivity index (χ1v) is 9.83. The van der Waals surface area contributed by atoms with Gasteiger partial charge in [-0.05, 0) is 31.2 Å². The highest BCUT2D eigenvalue weighted by molar-refractivity contribution is 6.07. The normalized spacial score (nSPS) is 17.5. The molecule has 154 valence electrons. The number of carbonyl (C=O) groups excluding carboxylic acids is 3. The summed E-state index contributed by atoms with van der Waals surface area (Å²) in [4.78, 5) is 41.2. The van der Waals surface area contributed by atoms with Gasteiger partial charge in [0.15, 0.2) is 0 Å². The molecule has 0 aliphatic carbocycles. The van der Waals surface area contributed by atoms with E-state index in [0.29, 0.717) is 16.9 Å². The number of anilines is 2. The average molecular weight is 405 g/mol. The van der Waals surface area contributed by atoms with Crippen molar-refractivity contribution < 1.29 is 19.1 Å². The third-order valence-electron chi connectivity index (χ3n) is 5.25. The summed E-state index contributed by atoms with van der Waals surface area (Å²) >= 11 is 0. The average Bonchev–Trinajstić information content (AvgIpc) is 2.86. The maximum absolute atomic E-state index is 13.2. The van der Waals surface area contributed by atoms with Gasteiger partial charge in [0.05, 0.1) is 16.9 Å². The Morgan fingerprint density at radius 2 is 1.90 bits per heavy atom. The molecule has 2 heterocycles. The van der Waals surface area contributed by atoms with Crippen LogP contribution in [0.4, 0.5) is 11.4 Å². The fourth-order valence-electron chi connectivity index (χ4n) is 3.80. The molecule has 3 amide bonds. The third-order valence-corrected chi connectivity index (χ3v) is 5.25. The van der Waals surface area contributed by atoms with Gasteiger partial charge in [0.25, 0.3) is 5.91 Å². The summed E-state index contributed by atoms with van der Waals surface area (Å²) in [5.41, 5.74) is 2.56. The molecule has 0 saturated heterocycles. The largest absolute Gasteiger partial charge is 0.488 e. The topological polar surface area (TPSA) is 79.0 Å². The minimum atomic E-state index is -0.325. The number of fused-ring (bicyclic) bond motifs is 2. The highest BCUT2D eigenvalue weighted by atomic mass is 16.5. The molecule has 2 aliphatic heterocycles. The molecule has 1 N–H and O–H groups in total. The molecule has 2 aromatic carbocycles. The number of hydrogen-bond acceptors (Lipinski definition) is 4. The number of amides is 3. The van der Waals surface area contributed by atoms with Crippen molar-refractivity contribution in [2.75, 3.05) is 30.4 Å². The van der Waals surface area contributed by atoms with Gasteiger partial charge in [0, 0.05) is 25.1 Å². The molecular weight excluding hydrogens is 382 g/mol. The molecule has 7 nitrogen and oxygen atoms in total. The van der Waals surface area contributed by atoms with E-state index in [1.807, 2.05) is 37.3 Å². The van der Waals surface area contributed by atoms with Crippen LogP contribution in [0.3, 0.4) is 0 Å². The first kappa shape index (κ1) is 19.7. The van der Waals surface area contributed by atoms with Crippen LogP contribution in [0.1, 0.15) is 18.9 Å². The van der Waals surface area contributed by atoms with E-state index in [0.717, 1.165) is 11.3 Å². The molecule has 0 radical (unpaired) electrons. The molecule has 1 atom stereocenters. The number of benzene rings is 2. The van der Waals surface area contributed by atoms with Crippen molar-refractivity contribution in [1.82, 2.24) is 4.90 Å². The van der Waals surface area contributed by atoms with Gasteiger partial charge in [-0.1, -0.05) is 30.3 Å². The van der Waals surface area contributed by atoms with Crippen molar-refractivity contribution in [3.8, 4) is 5.75 Å². The highest BCUT2D eigenvalue weighted by Crippen LogP contribution is 2.31. The predicted octanol–water partition coefficient (Wildman–Crippen LogP) is 2.68. The van der Waals surface area contributed by atoms with Gasteiger partial charge in [-0.15, -0.1) is 0 Å². The van der Waals surface area contributed by atoms with E-state index in [2.05, 4.69) is 5.32 Å². The van der Waals surface area contributed by atoms with Gasteiger partial charge >= 0.3 is 0 Å². The fraction of sp³-hybridized carbons (Fsp3) is 0.261. The van der Waals surface area contributed by atoms with E-state index in [-0.39, 0.29) is 43.3 Å². The quantitative estimate of drug-likeness (QED) is 0.852. The van der Waals surface area contributed by atoms with Crippen molar-refractivity contribution in [2.24, 2.45) is 0 Å². The van der Waals surface area contributed by atoms with Crippen molar-refractivity contribution >= 4 is 35.2 Å². The first-order valence-electron chi connectivity index (χ1n) is 9.83. The zero-order chi connectivity index (χ0) is 21.3. The molecule has 0 bridgehead atoms. The molecule has 30 heavy (non-hydrogen) atoms. The zero-order valence-electron chi connectivity index (χ0n) is 16.9. The van der Waals surface area contributed by atoms with Gasteiger partial charge in [-0.25, -0.2) is 0 Å². The zero-order valence-corrected chi connectivity index (χ0v) is 16.9. The highest BCUT2D eigenvalue weighted by Gasteiger charge is 2.31. The van der Waals surface area contributed by atoms with E-state index >= 15 is 0 Å². The molecule has 2 aromatic rings. The Morgan fingerprint density at radius 3 is 2.73 bits per heavy atom. The SMILES string of the molecule is CC1CC(=O)Nc2ccccc2N1C(=O)CN(C)C(=O)C1=Cc2ccccc2OC1. The number of para-hydroxylation sites is 3. The molecule has 0 spiro atoms. The Bertz CT molecular complexity index is 1050. The Hall–Kier alpha value is -3.61. The first-order chi connectivity index (χ1) is 14.4. The minimum Gasteiger partial charge on any atom is -0.488 e. The maximum atomic E-state index is 13.2. The Morgan fingerprint density at radius 1 is 1.17 bits per heavy atom. The lowest BCUT2D eigenvalue weighted by Crippen LogP contribution is -2.46. The van der Waals surface area contributed by atoms with Crippen molar-refractivity contribution in [3.63, 3.8) is 0 Å². The van der Waals surface area contributed by atoms with Crippen LogP contribution < -0.4 is 15.0 Å². The second kappa shape index (κ2) is 8.02. The van der Waals surface area contributed by atoms with Crippen LogP contribution in [-0.2, 0) is 14.4 Å². The molecule has 1 unspecified atom stereocenters. The third kappa shape index (κ3) is 3.78. The lowest BCUT2D eigenvalue weighted by molar-refractivity contribution is -0.131.